The fourth-order valence-electron chi connectivity index (χ4n) is 1.52. The summed E-state index contributed by atoms with van der Waals surface area (Å²) in [5, 5.41) is 9.99. The molecule has 4 heteroatoms. The Morgan fingerprint density at radius 1 is 1.44 bits per heavy atom. The van der Waals surface area contributed by atoms with Crippen LogP contribution in [0.3, 0.4) is 0 Å². The normalized spacial score (nSPS) is 22.3. The fraction of sp³-hybridized carbons (Fsp3) is 0.417. The molecule has 1 aromatic carbocycles. The molecule has 0 amide bonds. The summed E-state index contributed by atoms with van der Waals surface area (Å²) < 4.78 is 11.0. The van der Waals surface area contributed by atoms with Gasteiger partial charge in [0.05, 0.1) is 0 Å². The number of hydrogen-bond acceptors (Lipinski definition) is 4. The zero-order chi connectivity index (χ0) is 11.8. The maximum atomic E-state index is 11.3. The Morgan fingerprint density at radius 2 is 2.06 bits per heavy atom. The van der Waals surface area contributed by atoms with E-state index in [2.05, 4.69) is 0 Å². The van der Waals surface area contributed by atoms with Gasteiger partial charge in [0.1, 0.15) is 6.61 Å². The van der Waals surface area contributed by atoms with Gasteiger partial charge in [-0.05, 0) is 26.0 Å². The fourth-order valence-corrected chi connectivity index (χ4v) is 1.52. The highest BCUT2D eigenvalue weighted by atomic mass is 16.6. The molecule has 0 bridgehead atoms. The molecule has 4 nitrogen and oxygen atoms in total. The summed E-state index contributed by atoms with van der Waals surface area (Å²) in [6, 6.07) is 7.18. The van der Waals surface area contributed by atoms with Crippen molar-refractivity contribution in [3.8, 4) is 11.5 Å². The van der Waals surface area contributed by atoms with Gasteiger partial charge in [-0.1, -0.05) is 12.1 Å². The molecule has 0 spiro atoms. The topological polar surface area (TPSA) is 55.8 Å². The van der Waals surface area contributed by atoms with Gasteiger partial charge in [-0.3, -0.25) is 4.79 Å². The molecule has 2 atom stereocenters. The molecule has 16 heavy (non-hydrogen) atoms. The van der Waals surface area contributed by atoms with E-state index in [1.807, 2.05) is 12.1 Å². The molecule has 1 N–H and O–H groups in total. The van der Waals surface area contributed by atoms with Crippen LogP contribution in [-0.4, -0.2) is 29.2 Å². The van der Waals surface area contributed by atoms with Crippen molar-refractivity contribution < 1.29 is 19.4 Å². The van der Waals surface area contributed by atoms with Gasteiger partial charge >= 0.3 is 0 Å². The van der Waals surface area contributed by atoms with Crippen molar-refractivity contribution in [1.29, 1.82) is 0 Å². The van der Waals surface area contributed by atoms with Crippen LogP contribution in [0.15, 0.2) is 24.3 Å². The summed E-state index contributed by atoms with van der Waals surface area (Å²) in [5.41, 5.74) is -1.52. The Morgan fingerprint density at radius 3 is 2.69 bits per heavy atom. The molecule has 0 aliphatic carbocycles. The molecule has 0 radical (unpaired) electrons. The average Bonchev–Trinajstić information content (AvgIpc) is 2.28. The highest BCUT2D eigenvalue weighted by molar-refractivity contribution is 5.85. The Bertz CT molecular complexity index is 411. The van der Waals surface area contributed by atoms with E-state index in [0.29, 0.717) is 11.5 Å². The third-order valence-electron chi connectivity index (χ3n) is 2.85. The zero-order valence-corrected chi connectivity index (χ0v) is 9.27. The lowest BCUT2D eigenvalue weighted by atomic mass is 9.94. The first-order chi connectivity index (χ1) is 7.51. The highest BCUT2D eigenvalue weighted by Crippen LogP contribution is 2.33. The number of fused-ring (bicyclic) bond motifs is 1. The Balaban J connectivity index is 2.23. The minimum atomic E-state index is -1.52. The predicted molar refractivity (Wildman–Crippen MR) is 57.7 cm³/mol. The summed E-state index contributed by atoms with van der Waals surface area (Å²) in [7, 11) is 0. The van der Waals surface area contributed by atoms with Gasteiger partial charge in [0, 0.05) is 0 Å². The smallest absolute Gasteiger partial charge is 0.168 e. The summed E-state index contributed by atoms with van der Waals surface area (Å²) >= 11 is 0. The second-order valence-corrected chi connectivity index (χ2v) is 4.07. The zero-order valence-electron chi connectivity index (χ0n) is 9.27. The molecule has 86 valence electrons. The molecule has 1 heterocycles. The van der Waals surface area contributed by atoms with Crippen molar-refractivity contribution in [3.05, 3.63) is 24.3 Å². The maximum absolute atomic E-state index is 11.3. The van der Waals surface area contributed by atoms with E-state index >= 15 is 0 Å². The van der Waals surface area contributed by atoms with E-state index in [0.717, 1.165) is 0 Å². The van der Waals surface area contributed by atoms with Crippen LogP contribution in [0.1, 0.15) is 13.8 Å². The number of hydrogen-bond donors (Lipinski definition) is 1. The molecule has 0 unspecified atom stereocenters. The molecule has 1 aromatic rings. The van der Waals surface area contributed by atoms with Crippen LogP contribution in [0.2, 0.25) is 0 Å². The number of carbonyl (C=O) groups excluding carboxylic acids is 1. The number of rotatable bonds is 2. The van der Waals surface area contributed by atoms with Gasteiger partial charge in [-0.2, -0.15) is 0 Å². The Hall–Kier alpha value is -1.55. The summed E-state index contributed by atoms with van der Waals surface area (Å²) in [6.45, 7) is 2.95. The second kappa shape index (κ2) is 3.79. The van der Waals surface area contributed by atoms with Gasteiger partial charge in [0.15, 0.2) is 29.0 Å². The molecule has 0 aromatic heterocycles. The van der Waals surface area contributed by atoms with Crippen molar-refractivity contribution in [1.82, 2.24) is 0 Å². The van der Waals surface area contributed by atoms with Crippen molar-refractivity contribution in [2.24, 2.45) is 0 Å². The Kier molecular flexibility index (Phi) is 2.59. The SMILES string of the molecule is CC(=O)[C@](C)(O)[C@@H]1COc2ccccc2O1. The lowest BCUT2D eigenvalue weighted by molar-refractivity contribution is -0.146. The van der Waals surface area contributed by atoms with Crippen LogP contribution in [0, 0.1) is 0 Å². The molecular formula is C12H14O4. The molecule has 2 rings (SSSR count). The summed E-state index contributed by atoms with van der Waals surface area (Å²) in [4.78, 5) is 11.3. The molecule has 1 aliphatic rings. The number of ether oxygens (including phenoxy) is 2. The van der Waals surface area contributed by atoms with Crippen LogP contribution in [0.25, 0.3) is 0 Å². The number of para-hydroxylation sites is 2. The van der Waals surface area contributed by atoms with Crippen LogP contribution < -0.4 is 9.47 Å². The van der Waals surface area contributed by atoms with E-state index in [-0.39, 0.29) is 12.4 Å². The molecule has 1 aliphatic heterocycles. The molecule has 0 fully saturated rings. The van der Waals surface area contributed by atoms with E-state index in [4.69, 9.17) is 9.47 Å². The lowest BCUT2D eigenvalue weighted by Gasteiger charge is -2.34. The maximum Gasteiger partial charge on any atom is 0.168 e. The second-order valence-electron chi connectivity index (χ2n) is 4.07. The summed E-state index contributed by atoms with van der Waals surface area (Å²) in [6.07, 6.45) is -0.667. The van der Waals surface area contributed by atoms with Gasteiger partial charge < -0.3 is 14.6 Å². The largest absolute Gasteiger partial charge is 0.486 e. The third kappa shape index (κ3) is 1.76. The number of carbonyl (C=O) groups is 1. The van der Waals surface area contributed by atoms with E-state index in [1.165, 1.54) is 13.8 Å². The summed E-state index contributed by atoms with van der Waals surface area (Å²) in [5.74, 6) is 0.860. The van der Waals surface area contributed by atoms with Gasteiger partial charge in [0.25, 0.3) is 0 Å². The minimum absolute atomic E-state index is 0.170. The van der Waals surface area contributed by atoms with Crippen LogP contribution >= 0.6 is 0 Å². The lowest BCUT2D eigenvalue weighted by Crippen LogP contribution is -2.52. The number of benzene rings is 1. The van der Waals surface area contributed by atoms with Crippen molar-refractivity contribution in [2.45, 2.75) is 25.6 Å². The van der Waals surface area contributed by atoms with Gasteiger partial charge in [-0.25, -0.2) is 0 Å². The van der Waals surface area contributed by atoms with Crippen molar-refractivity contribution in [3.63, 3.8) is 0 Å². The van der Waals surface area contributed by atoms with Crippen molar-refractivity contribution in [2.75, 3.05) is 6.61 Å². The average molecular weight is 222 g/mol. The number of Topliss-reactive ketones (excluding diaryl/α,β-unsaturated/α-hetero) is 1. The third-order valence-corrected chi connectivity index (χ3v) is 2.85. The highest BCUT2D eigenvalue weighted by Gasteiger charge is 2.41. The first-order valence-electron chi connectivity index (χ1n) is 5.13. The van der Waals surface area contributed by atoms with Crippen molar-refractivity contribution >= 4 is 5.78 Å². The monoisotopic (exact) mass is 222 g/mol. The van der Waals surface area contributed by atoms with Gasteiger partial charge in [-0.15, -0.1) is 0 Å². The first kappa shape index (κ1) is 11.0. The van der Waals surface area contributed by atoms with Crippen LogP contribution in [0.4, 0.5) is 0 Å². The molecule has 0 saturated carbocycles. The number of ketones is 1. The molecule has 0 saturated heterocycles. The molecular weight excluding hydrogens is 208 g/mol. The van der Waals surface area contributed by atoms with E-state index in [9.17, 15) is 9.90 Å². The van der Waals surface area contributed by atoms with Crippen LogP contribution in [-0.2, 0) is 4.79 Å². The van der Waals surface area contributed by atoms with Crippen LogP contribution in [0.5, 0.6) is 11.5 Å². The van der Waals surface area contributed by atoms with E-state index in [1.54, 1.807) is 12.1 Å². The number of aliphatic hydroxyl groups is 1. The Labute approximate surface area is 93.8 Å². The van der Waals surface area contributed by atoms with Gasteiger partial charge in [0.2, 0.25) is 0 Å². The minimum Gasteiger partial charge on any atom is -0.486 e. The van der Waals surface area contributed by atoms with E-state index < -0.39 is 11.7 Å². The standard InChI is InChI=1S/C12H14O4/c1-8(13)12(2,14)11-7-15-9-5-3-4-6-10(9)16-11/h3-6,11,14H,7H2,1-2H3/t11-,12-/m0/s1. The quantitative estimate of drug-likeness (QED) is 0.816. The predicted octanol–water partition coefficient (Wildman–Crippen LogP) is 1.17. The first-order valence-corrected chi connectivity index (χ1v) is 5.13.